The first-order valence-electron chi connectivity index (χ1n) is 11.1. The highest BCUT2D eigenvalue weighted by Crippen LogP contribution is 2.37. The number of amides is 1. The highest BCUT2D eigenvalue weighted by atomic mass is 19.4. The van der Waals surface area contributed by atoms with Crippen LogP contribution >= 0.6 is 0 Å². The zero-order chi connectivity index (χ0) is 25.2. The summed E-state index contributed by atoms with van der Waals surface area (Å²) in [6.45, 7) is 2.13. The number of nitrogens with zero attached hydrogens (tertiary/aromatic N) is 7. The number of H-pyrrole nitrogens is 1. The number of oxazole rings is 1. The van der Waals surface area contributed by atoms with Crippen LogP contribution in [-0.4, -0.2) is 51.7 Å². The number of nitrogens with one attached hydrogen (secondary N) is 1. The van der Waals surface area contributed by atoms with E-state index in [-0.39, 0.29) is 29.4 Å². The quantitative estimate of drug-likeness (QED) is 0.409. The Bertz CT molecular complexity index is 1610. The number of imidazole rings is 1. The second kappa shape index (κ2) is 7.80. The summed E-state index contributed by atoms with van der Waals surface area (Å²) in [6.07, 6.45) is 1.81. The normalized spacial score (nSPS) is 16.0. The Hall–Kier alpha value is -4.42. The van der Waals surface area contributed by atoms with E-state index in [4.69, 9.17) is 4.42 Å². The third-order valence-corrected chi connectivity index (χ3v) is 6.47. The number of carbonyl (C=O) groups excluding carboxylic acids is 1. The Morgan fingerprint density at radius 2 is 2.08 bits per heavy atom. The number of carbonyl (C=O) groups is 1. The molecule has 0 radical (unpaired) electrons. The lowest BCUT2D eigenvalue weighted by Crippen LogP contribution is -2.40. The number of aryl methyl sites for hydroxylation is 1. The van der Waals surface area contributed by atoms with Gasteiger partial charge in [0, 0.05) is 37.6 Å². The number of alkyl halides is 3. The van der Waals surface area contributed by atoms with Crippen molar-refractivity contribution in [1.82, 2.24) is 39.2 Å². The van der Waals surface area contributed by atoms with E-state index >= 15 is 0 Å². The average Bonchev–Trinajstić information content (AvgIpc) is 3.64. The fourth-order valence-corrected chi connectivity index (χ4v) is 4.55. The molecule has 0 saturated heterocycles. The number of pyridine rings is 1. The molecule has 1 aliphatic heterocycles. The summed E-state index contributed by atoms with van der Waals surface area (Å²) in [6, 6.07) is 2.82. The molecule has 0 saturated carbocycles. The molecule has 6 rings (SSSR count). The molecule has 6 heterocycles. The molecule has 1 amide bonds. The SMILES string of the molecule is Cc1c(-c2ncc(C(=O)N3CCc4[nH]cnc4[C@H]3c3cc4c(C(F)(F)F)cccn4n3)o2)cnn1C. The fraction of sp³-hybridized carbons (Fsp3) is 0.261. The van der Waals surface area contributed by atoms with Crippen LogP contribution in [0, 0.1) is 6.92 Å². The summed E-state index contributed by atoms with van der Waals surface area (Å²) in [5.74, 6) is -0.223. The summed E-state index contributed by atoms with van der Waals surface area (Å²) in [7, 11) is 1.78. The second-order valence-electron chi connectivity index (χ2n) is 8.53. The summed E-state index contributed by atoms with van der Waals surface area (Å²) >= 11 is 0. The zero-order valence-corrected chi connectivity index (χ0v) is 19.1. The predicted octanol–water partition coefficient (Wildman–Crippen LogP) is 3.56. The van der Waals surface area contributed by atoms with E-state index in [0.717, 1.165) is 17.5 Å². The maximum Gasteiger partial charge on any atom is 0.418 e. The van der Waals surface area contributed by atoms with Gasteiger partial charge in [0.05, 0.1) is 46.8 Å². The molecule has 1 N–H and O–H groups in total. The van der Waals surface area contributed by atoms with Crippen molar-refractivity contribution in [3.05, 3.63) is 77.2 Å². The first-order chi connectivity index (χ1) is 17.2. The van der Waals surface area contributed by atoms with Crippen molar-refractivity contribution in [2.45, 2.75) is 25.6 Å². The van der Waals surface area contributed by atoms with Gasteiger partial charge in [-0.05, 0) is 25.1 Å². The molecule has 10 nitrogen and oxygen atoms in total. The molecule has 0 fully saturated rings. The number of hydrogen-bond acceptors (Lipinski definition) is 6. The Morgan fingerprint density at radius 1 is 1.25 bits per heavy atom. The smallest absolute Gasteiger partial charge is 0.418 e. The van der Waals surface area contributed by atoms with E-state index in [1.54, 1.807) is 17.9 Å². The molecule has 1 atom stereocenters. The van der Waals surface area contributed by atoms with Crippen molar-refractivity contribution < 1.29 is 22.4 Å². The molecule has 5 aromatic heterocycles. The van der Waals surface area contributed by atoms with Gasteiger partial charge in [-0.3, -0.25) is 9.48 Å². The molecule has 184 valence electrons. The van der Waals surface area contributed by atoms with Crippen LogP contribution in [-0.2, 0) is 19.6 Å². The van der Waals surface area contributed by atoms with Crippen LogP contribution in [0.5, 0.6) is 0 Å². The lowest BCUT2D eigenvalue weighted by atomic mass is 9.99. The number of aromatic nitrogens is 7. The van der Waals surface area contributed by atoms with Crippen molar-refractivity contribution in [2.75, 3.05) is 6.54 Å². The van der Waals surface area contributed by atoms with Gasteiger partial charge >= 0.3 is 6.18 Å². The van der Waals surface area contributed by atoms with Gasteiger partial charge in [-0.2, -0.15) is 23.4 Å². The van der Waals surface area contributed by atoms with Crippen molar-refractivity contribution in [3.63, 3.8) is 0 Å². The minimum atomic E-state index is -4.56. The van der Waals surface area contributed by atoms with E-state index in [2.05, 4.69) is 25.1 Å². The Labute approximate surface area is 201 Å². The third-order valence-electron chi connectivity index (χ3n) is 6.47. The maximum absolute atomic E-state index is 13.6. The lowest BCUT2D eigenvalue weighted by Gasteiger charge is -2.33. The van der Waals surface area contributed by atoms with E-state index in [1.165, 1.54) is 40.3 Å². The molecular formula is C23H19F3N8O2. The van der Waals surface area contributed by atoms with Crippen molar-refractivity contribution in [3.8, 4) is 11.5 Å². The highest BCUT2D eigenvalue weighted by Gasteiger charge is 2.39. The van der Waals surface area contributed by atoms with Crippen molar-refractivity contribution in [2.24, 2.45) is 7.05 Å². The van der Waals surface area contributed by atoms with Gasteiger partial charge in [-0.1, -0.05) is 0 Å². The summed E-state index contributed by atoms with van der Waals surface area (Å²) in [4.78, 5) is 26.8. The van der Waals surface area contributed by atoms with Crippen molar-refractivity contribution in [1.29, 1.82) is 0 Å². The maximum atomic E-state index is 13.6. The number of rotatable bonds is 3. The Morgan fingerprint density at radius 3 is 2.83 bits per heavy atom. The van der Waals surface area contributed by atoms with Gasteiger partial charge < -0.3 is 14.3 Å². The Kier molecular flexibility index (Phi) is 4.78. The van der Waals surface area contributed by atoms with Crippen LogP contribution in [0.15, 0.2) is 47.5 Å². The minimum absolute atomic E-state index is 0.00279. The molecular weight excluding hydrogens is 477 g/mol. The topological polar surface area (TPSA) is 110 Å². The summed E-state index contributed by atoms with van der Waals surface area (Å²) in [5.41, 5.74) is 2.13. The van der Waals surface area contributed by atoms with Crippen LogP contribution in [0.3, 0.4) is 0 Å². The number of aromatic amines is 1. The third kappa shape index (κ3) is 3.38. The molecule has 0 unspecified atom stereocenters. The lowest BCUT2D eigenvalue weighted by molar-refractivity contribution is -0.136. The molecule has 0 aromatic carbocycles. The van der Waals surface area contributed by atoms with Crippen LogP contribution < -0.4 is 0 Å². The standard InChI is InChI=1S/C23H19F3N8O2/c1-12-13(9-30-32(12)2)21-27-10-18(36-21)22(35)33-7-5-15-19(29-11-28-15)20(33)16-8-17-14(23(24,25)26)4-3-6-34(17)31-16/h3-4,6,8-11,20H,5,7H2,1-2H3,(H,28,29)/t20-/m1/s1. The highest BCUT2D eigenvalue weighted by molar-refractivity contribution is 5.92. The molecule has 0 bridgehead atoms. The number of halogens is 3. The first kappa shape index (κ1) is 22.1. The average molecular weight is 496 g/mol. The molecule has 0 aliphatic carbocycles. The van der Waals surface area contributed by atoms with E-state index < -0.39 is 23.7 Å². The van der Waals surface area contributed by atoms with Crippen molar-refractivity contribution >= 4 is 11.4 Å². The molecule has 1 aliphatic rings. The van der Waals surface area contributed by atoms with Crippen LogP contribution in [0.4, 0.5) is 13.2 Å². The Balaban J connectivity index is 1.42. The largest absolute Gasteiger partial charge is 0.431 e. The fourth-order valence-electron chi connectivity index (χ4n) is 4.55. The van der Waals surface area contributed by atoms with Crippen LogP contribution in [0.25, 0.3) is 17.0 Å². The number of hydrogen-bond donors (Lipinski definition) is 1. The molecule has 0 spiro atoms. The summed E-state index contributed by atoms with van der Waals surface area (Å²) in [5, 5.41) is 8.57. The van der Waals surface area contributed by atoms with Gasteiger partial charge in [0.1, 0.15) is 6.04 Å². The molecule has 13 heteroatoms. The van der Waals surface area contributed by atoms with Gasteiger partial charge in [-0.15, -0.1) is 0 Å². The monoisotopic (exact) mass is 496 g/mol. The predicted molar refractivity (Wildman–Crippen MR) is 119 cm³/mol. The molecule has 5 aromatic rings. The van der Waals surface area contributed by atoms with Gasteiger partial charge in [-0.25, -0.2) is 14.5 Å². The minimum Gasteiger partial charge on any atom is -0.431 e. The second-order valence-corrected chi connectivity index (χ2v) is 8.53. The van der Waals surface area contributed by atoms with Crippen LogP contribution in [0.2, 0.25) is 0 Å². The van der Waals surface area contributed by atoms with Gasteiger partial charge in [0.15, 0.2) is 0 Å². The van der Waals surface area contributed by atoms with Crippen LogP contribution in [0.1, 0.15) is 44.9 Å². The first-order valence-corrected chi connectivity index (χ1v) is 11.1. The molecule has 36 heavy (non-hydrogen) atoms. The van der Waals surface area contributed by atoms with E-state index in [1.807, 2.05) is 6.92 Å². The van der Waals surface area contributed by atoms with Gasteiger partial charge in [0.25, 0.3) is 5.91 Å². The van der Waals surface area contributed by atoms with E-state index in [9.17, 15) is 18.0 Å². The number of fused-ring (bicyclic) bond motifs is 2. The summed E-state index contributed by atoms with van der Waals surface area (Å²) < 4.78 is 49.5. The zero-order valence-electron chi connectivity index (χ0n) is 19.1. The van der Waals surface area contributed by atoms with Gasteiger partial charge in [0.2, 0.25) is 11.7 Å². The van der Waals surface area contributed by atoms with E-state index in [0.29, 0.717) is 17.7 Å².